The van der Waals surface area contributed by atoms with Gasteiger partial charge in [-0.15, -0.1) is 0 Å². The molecular formula is C15H24ClN. The van der Waals surface area contributed by atoms with Gasteiger partial charge in [0, 0.05) is 10.6 Å². The van der Waals surface area contributed by atoms with E-state index in [4.69, 9.17) is 11.6 Å². The summed E-state index contributed by atoms with van der Waals surface area (Å²) in [7, 11) is 0. The van der Waals surface area contributed by atoms with Gasteiger partial charge in [0.05, 0.1) is 0 Å². The fourth-order valence-electron chi connectivity index (χ4n) is 1.72. The summed E-state index contributed by atoms with van der Waals surface area (Å²) >= 11 is 5.91. The SMILES string of the molecule is CC(C)(C)CCNC(C)(C)c1ccc(Cl)cc1. The Hall–Kier alpha value is -0.530. The highest BCUT2D eigenvalue weighted by Crippen LogP contribution is 2.23. The van der Waals surface area contributed by atoms with Crippen LogP contribution in [0.15, 0.2) is 24.3 Å². The largest absolute Gasteiger partial charge is 0.308 e. The van der Waals surface area contributed by atoms with E-state index in [1.165, 1.54) is 12.0 Å². The molecule has 1 aromatic rings. The van der Waals surface area contributed by atoms with Gasteiger partial charge in [-0.05, 0) is 49.9 Å². The van der Waals surface area contributed by atoms with Crippen LogP contribution in [0.2, 0.25) is 5.02 Å². The summed E-state index contributed by atoms with van der Waals surface area (Å²) in [4.78, 5) is 0. The highest BCUT2D eigenvalue weighted by molar-refractivity contribution is 6.30. The molecule has 1 aromatic carbocycles. The van der Waals surface area contributed by atoms with Crippen LogP contribution in [0.25, 0.3) is 0 Å². The van der Waals surface area contributed by atoms with Gasteiger partial charge in [-0.25, -0.2) is 0 Å². The molecule has 0 aliphatic heterocycles. The van der Waals surface area contributed by atoms with Gasteiger partial charge < -0.3 is 5.32 Å². The van der Waals surface area contributed by atoms with Crippen molar-refractivity contribution in [3.63, 3.8) is 0 Å². The van der Waals surface area contributed by atoms with Crippen molar-refractivity contribution < 1.29 is 0 Å². The fraction of sp³-hybridized carbons (Fsp3) is 0.600. The minimum atomic E-state index is -0.00413. The molecule has 0 atom stereocenters. The maximum absolute atomic E-state index is 5.91. The first-order valence-corrected chi connectivity index (χ1v) is 6.60. The summed E-state index contributed by atoms with van der Waals surface area (Å²) in [6, 6.07) is 8.08. The summed E-state index contributed by atoms with van der Waals surface area (Å²) < 4.78 is 0. The Morgan fingerprint density at radius 1 is 1.00 bits per heavy atom. The molecule has 0 saturated carbocycles. The fourth-order valence-corrected chi connectivity index (χ4v) is 1.84. The molecule has 0 saturated heterocycles. The molecule has 0 aliphatic rings. The summed E-state index contributed by atoms with van der Waals surface area (Å²) in [5.74, 6) is 0. The van der Waals surface area contributed by atoms with Crippen molar-refractivity contribution >= 4 is 11.6 Å². The van der Waals surface area contributed by atoms with Crippen molar-refractivity contribution in [1.29, 1.82) is 0 Å². The Balaban J connectivity index is 2.59. The summed E-state index contributed by atoms with van der Waals surface area (Å²) in [5.41, 5.74) is 1.65. The molecule has 0 aliphatic carbocycles. The highest BCUT2D eigenvalue weighted by Gasteiger charge is 2.20. The van der Waals surface area contributed by atoms with Crippen molar-refractivity contribution in [2.24, 2.45) is 5.41 Å². The molecular weight excluding hydrogens is 230 g/mol. The van der Waals surface area contributed by atoms with Gasteiger partial charge in [0.25, 0.3) is 0 Å². The quantitative estimate of drug-likeness (QED) is 0.827. The summed E-state index contributed by atoms with van der Waals surface area (Å²) in [5, 5.41) is 4.40. The van der Waals surface area contributed by atoms with Crippen molar-refractivity contribution in [3.8, 4) is 0 Å². The van der Waals surface area contributed by atoms with Gasteiger partial charge in [0.2, 0.25) is 0 Å². The van der Waals surface area contributed by atoms with Crippen LogP contribution >= 0.6 is 11.6 Å². The number of halogens is 1. The Labute approximate surface area is 111 Å². The molecule has 1 rings (SSSR count). The second-order valence-corrected chi connectivity index (χ2v) is 6.81. The molecule has 0 radical (unpaired) electrons. The van der Waals surface area contributed by atoms with Crippen molar-refractivity contribution in [3.05, 3.63) is 34.9 Å². The smallest absolute Gasteiger partial charge is 0.0406 e. The average Bonchev–Trinajstić information content (AvgIpc) is 2.15. The van der Waals surface area contributed by atoms with Crippen molar-refractivity contribution in [2.75, 3.05) is 6.54 Å². The molecule has 2 heteroatoms. The Kier molecular flexibility index (Phi) is 4.62. The summed E-state index contributed by atoms with van der Waals surface area (Å²) in [6.45, 7) is 12.2. The van der Waals surface area contributed by atoms with E-state index in [0.717, 1.165) is 11.6 Å². The van der Waals surface area contributed by atoms with Gasteiger partial charge in [0.15, 0.2) is 0 Å². The Bertz CT molecular complexity index is 346. The maximum Gasteiger partial charge on any atom is 0.0406 e. The predicted octanol–water partition coefficient (Wildman–Crippen LogP) is 4.60. The maximum atomic E-state index is 5.91. The molecule has 1 N–H and O–H groups in total. The molecule has 0 amide bonds. The Morgan fingerprint density at radius 2 is 1.53 bits per heavy atom. The predicted molar refractivity (Wildman–Crippen MR) is 76.6 cm³/mol. The molecule has 0 unspecified atom stereocenters. The first kappa shape index (κ1) is 14.5. The first-order valence-electron chi connectivity index (χ1n) is 6.22. The van der Waals surface area contributed by atoms with Crippen LogP contribution in [0, 0.1) is 5.41 Å². The third-order valence-electron chi connectivity index (χ3n) is 3.01. The standard InChI is InChI=1S/C15H24ClN/c1-14(2,3)10-11-17-15(4,5)12-6-8-13(16)9-7-12/h6-9,17H,10-11H2,1-5H3. The molecule has 0 aromatic heterocycles. The summed E-state index contributed by atoms with van der Waals surface area (Å²) in [6.07, 6.45) is 1.17. The number of hydrogen-bond acceptors (Lipinski definition) is 1. The van der Waals surface area contributed by atoms with Crippen LogP contribution in [-0.4, -0.2) is 6.54 Å². The molecule has 0 fully saturated rings. The van der Waals surface area contributed by atoms with Crippen LogP contribution in [0.3, 0.4) is 0 Å². The second kappa shape index (κ2) is 5.41. The van der Waals surface area contributed by atoms with Crippen LogP contribution in [0.4, 0.5) is 0 Å². The number of hydrogen-bond donors (Lipinski definition) is 1. The minimum Gasteiger partial charge on any atom is -0.308 e. The molecule has 0 spiro atoms. The molecule has 1 nitrogen and oxygen atoms in total. The first-order chi connectivity index (χ1) is 7.71. The topological polar surface area (TPSA) is 12.0 Å². The minimum absolute atomic E-state index is 0.00413. The van der Waals surface area contributed by atoms with E-state index >= 15 is 0 Å². The van der Waals surface area contributed by atoms with E-state index in [2.05, 4.69) is 52.1 Å². The van der Waals surface area contributed by atoms with Gasteiger partial charge in [-0.1, -0.05) is 44.5 Å². The van der Waals surface area contributed by atoms with E-state index in [1.54, 1.807) is 0 Å². The van der Waals surface area contributed by atoms with Crippen LogP contribution in [0.1, 0.15) is 46.6 Å². The lowest BCUT2D eigenvalue weighted by Gasteiger charge is -2.29. The van der Waals surface area contributed by atoms with Crippen LogP contribution in [0.5, 0.6) is 0 Å². The van der Waals surface area contributed by atoms with Gasteiger partial charge in [-0.3, -0.25) is 0 Å². The third kappa shape index (κ3) is 5.10. The molecule has 0 heterocycles. The van der Waals surface area contributed by atoms with E-state index in [0.29, 0.717) is 5.41 Å². The van der Waals surface area contributed by atoms with E-state index in [9.17, 15) is 0 Å². The average molecular weight is 254 g/mol. The number of benzene rings is 1. The lowest BCUT2D eigenvalue weighted by molar-refractivity contribution is 0.323. The van der Waals surface area contributed by atoms with E-state index < -0.39 is 0 Å². The van der Waals surface area contributed by atoms with Crippen molar-refractivity contribution in [2.45, 2.75) is 46.6 Å². The van der Waals surface area contributed by atoms with E-state index in [-0.39, 0.29) is 5.54 Å². The van der Waals surface area contributed by atoms with Crippen LogP contribution < -0.4 is 5.32 Å². The lowest BCUT2D eigenvalue weighted by atomic mass is 9.90. The number of nitrogens with one attached hydrogen (secondary N) is 1. The van der Waals surface area contributed by atoms with E-state index in [1.807, 2.05) is 12.1 Å². The molecule has 96 valence electrons. The zero-order valence-electron chi connectivity index (χ0n) is 11.6. The molecule has 17 heavy (non-hydrogen) atoms. The van der Waals surface area contributed by atoms with Crippen LogP contribution in [-0.2, 0) is 5.54 Å². The number of rotatable bonds is 4. The zero-order valence-corrected chi connectivity index (χ0v) is 12.4. The van der Waals surface area contributed by atoms with Gasteiger partial charge in [-0.2, -0.15) is 0 Å². The zero-order chi connectivity index (χ0) is 13.1. The monoisotopic (exact) mass is 253 g/mol. The normalized spacial score (nSPS) is 12.8. The Morgan fingerprint density at radius 3 is 2.00 bits per heavy atom. The third-order valence-corrected chi connectivity index (χ3v) is 3.26. The van der Waals surface area contributed by atoms with Gasteiger partial charge >= 0.3 is 0 Å². The second-order valence-electron chi connectivity index (χ2n) is 6.37. The lowest BCUT2D eigenvalue weighted by Crippen LogP contribution is -2.38. The van der Waals surface area contributed by atoms with Crippen molar-refractivity contribution in [1.82, 2.24) is 5.32 Å². The highest BCUT2D eigenvalue weighted by atomic mass is 35.5. The molecule has 0 bridgehead atoms. The van der Waals surface area contributed by atoms with Gasteiger partial charge in [0.1, 0.15) is 0 Å².